The summed E-state index contributed by atoms with van der Waals surface area (Å²) in [5, 5.41) is 17.5. The number of hydrogen-bond donors (Lipinski definition) is 2. The molecule has 2 aromatic carbocycles. The fourth-order valence-electron chi connectivity index (χ4n) is 2.89. The highest BCUT2D eigenvalue weighted by molar-refractivity contribution is 6.31. The molecule has 150 valence electrons. The highest BCUT2D eigenvalue weighted by Gasteiger charge is 2.12. The number of benzene rings is 2. The fraction of sp³-hybridized carbons (Fsp3) is 0.182. The average Bonchev–Trinajstić information content (AvgIpc) is 2.95. The molecule has 0 fully saturated rings. The summed E-state index contributed by atoms with van der Waals surface area (Å²) in [5.41, 5.74) is 3.62. The number of phenols is 1. The molecule has 0 aliphatic carbocycles. The smallest absolute Gasteiger partial charge is 0.248 e. The van der Waals surface area contributed by atoms with Gasteiger partial charge in [-0.3, -0.25) is 4.79 Å². The van der Waals surface area contributed by atoms with Crippen LogP contribution in [-0.2, 0) is 11.3 Å². The van der Waals surface area contributed by atoms with Crippen LogP contribution < -0.4 is 10.1 Å². The Morgan fingerprint density at radius 2 is 2.07 bits per heavy atom. The number of carbonyl (C=O) groups excluding carboxylic acids is 1. The van der Waals surface area contributed by atoms with Gasteiger partial charge in [0.25, 0.3) is 0 Å². The maximum Gasteiger partial charge on any atom is 0.248 e. The average molecular weight is 412 g/mol. The van der Waals surface area contributed by atoms with E-state index in [1.165, 1.54) is 6.08 Å². The summed E-state index contributed by atoms with van der Waals surface area (Å²) in [4.78, 5) is 12.2. The van der Waals surface area contributed by atoms with Gasteiger partial charge in [0.05, 0.1) is 25.0 Å². The van der Waals surface area contributed by atoms with Gasteiger partial charge in [0.1, 0.15) is 16.7 Å². The van der Waals surface area contributed by atoms with Gasteiger partial charge in [0.2, 0.25) is 5.91 Å². The lowest BCUT2D eigenvalue weighted by Gasteiger charge is -2.06. The van der Waals surface area contributed by atoms with Crippen molar-refractivity contribution in [1.29, 1.82) is 0 Å². The van der Waals surface area contributed by atoms with Gasteiger partial charge in [-0.15, -0.1) is 0 Å². The Bertz CT molecular complexity index is 1070. The predicted molar refractivity (Wildman–Crippen MR) is 115 cm³/mol. The van der Waals surface area contributed by atoms with Gasteiger partial charge in [-0.25, -0.2) is 4.68 Å². The van der Waals surface area contributed by atoms with Crippen molar-refractivity contribution >= 4 is 29.3 Å². The van der Waals surface area contributed by atoms with Crippen molar-refractivity contribution in [2.75, 3.05) is 12.4 Å². The van der Waals surface area contributed by atoms with Crippen LogP contribution in [0.3, 0.4) is 0 Å². The third kappa shape index (κ3) is 4.97. The van der Waals surface area contributed by atoms with Gasteiger partial charge < -0.3 is 15.2 Å². The van der Waals surface area contributed by atoms with E-state index in [4.69, 9.17) is 16.3 Å². The summed E-state index contributed by atoms with van der Waals surface area (Å²) in [5.74, 6) is 0.408. The number of ether oxygens (including phenoxy) is 1. The standard InChI is InChI=1S/C22H22ClN3O3/c1-14-7-9-19(20(27)11-14)24-21(28)10-8-18-15(2)25-26(22(18)23)13-16-5-4-6-17(12-16)29-3/h4-12,27H,13H2,1-3H3,(H,24,28)/b10-8+. The highest BCUT2D eigenvalue weighted by Crippen LogP contribution is 2.25. The third-order valence-electron chi connectivity index (χ3n) is 4.39. The van der Waals surface area contributed by atoms with E-state index in [0.717, 1.165) is 16.9 Å². The van der Waals surface area contributed by atoms with Crippen molar-refractivity contribution in [3.63, 3.8) is 0 Å². The number of hydrogen-bond acceptors (Lipinski definition) is 4. The zero-order valence-electron chi connectivity index (χ0n) is 16.4. The first kappa shape index (κ1) is 20.5. The maximum absolute atomic E-state index is 12.2. The van der Waals surface area contributed by atoms with Crippen LogP contribution >= 0.6 is 11.6 Å². The molecule has 0 unspecified atom stereocenters. The second kappa shape index (κ2) is 8.84. The van der Waals surface area contributed by atoms with Crippen LogP contribution in [0.1, 0.15) is 22.4 Å². The van der Waals surface area contributed by atoms with E-state index in [1.54, 1.807) is 30.0 Å². The lowest BCUT2D eigenvalue weighted by Crippen LogP contribution is -2.07. The SMILES string of the molecule is COc1cccc(Cn2nc(C)c(/C=C/C(=O)Nc3ccc(C)cc3O)c2Cl)c1. The maximum atomic E-state index is 12.2. The van der Waals surface area contributed by atoms with E-state index < -0.39 is 0 Å². The largest absolute Gasteiger partial charge is 0.506 e. The number of aryl methyl sites for hydroxylation is 2. The molecule has 0 bridgehead atoms. The number of halogens is 1. The molecule has 0 saturated heterocycles. The van der Waals surface area contributed by atoms with Crippen molar-refractivity contribution in [2.24, 2.45) is 0 Å². The van der Waals surface area contributed by atoms with E-state index in [-0.39, 0.29) is 11.7 Å². The Morgan fingerprint density at radius 1 is 1.28 bits per heavy atom. The van der Waals surface area contributed by atoms with Crippen LogP contribution in [0.4, 0.5) is 5.69 Å². The summed E-state index contributed by atoms with van der Waals surface area (Å²) in [6, 6.07) is 12.7. The lowest BCUT2D eigenvalue weighted by atomic mass is 10.2. The molecule has 29 heavy (non-hydrogen) atoms. The third-order valence-corrected chi connectivity index (χ3v) is 4.79. The lowest BCUT2D eigenvalue weighted by molar-refractivity contribution is -0.111. The Labute approximate surface area is 174 Å². The zero-order chi connectivity index (χ0) is 21.0. The van der Waals surface area contributed by atoms with Crippen molar-refractivity contribution < 1.29 is 14.6 Å². The summed E-state index contributed by atoms with van der Waals surface area (Å²) >= 11 is 6.49. The first-order chi connectivity index (χ1) is 13.9. The predicted octanol–water partition coefficient (Wildman–Crippen LogP) is 4.57. The summed E-state index contributed by atoms with van der Waals surface area (Å²) in [6.07, 6.45) is 2.98. The van der Waals surface area contributed by atoms with Crippen LogP contribution in [0.2, 0.25) is 5.15 Å². The number of carbonyl (C=O) groups is 1. The molecule has 6 nitrogen and oxygen atoms in total. The number of aromatic nitrogens is 2. The number of phenolic OH excluding ortho intramolecular Hbond substituents is 1. The van der Waals surface area contributed by atoms with Crippen LogP contribution in [-0.4, -0.2) is 27.9 Å². The van der Waals surface area contributed by atoms with Crippen LogP contribution in [0.5, 0.6) is 11.5 Å². The normalized spacial score (nSPS) is 11.0. The number of amides is 1. The summed E-state index contributed by atoms with van der Waals surface area (Å²) in [6.45, 7) is 4.17. The fourth-order valence-corrected chi connectivity index (χ4v) is 3.18. The summed E-state index contributed by atoms with van der Waals surface area (Å²) < 4.78 is 6.92. The van der Waals surface area contributed by atoms with Crippen LogP contribution in [0.15, 0.2) is 48.5 Å². The first-order valence-electron chi connectivity index (χ1n) is 9.02. The van der Waals surface area contributed by atoms with Gasteiger partial charge in [-0.2, -0.15) is 5.10 Å². The minimum absolute atomic E-state index is 0.0204. The second-order valence-corrected chi connectivity index (χ2v) is 7.00. The highest BCUT2D eigenvalue weighted by atomic mass is 35.5. The van der Waals surface area contributed by atoms with Gasteiger partial charge >= 0.3 is 0 Å². The van der Waals surface area contributed by atoms with Gasteiger partial charge in [-0.05, 0) is 55.3 Å². The minimum Gasteiger partial charge on any atom is -0.506 e. The molecule has 0 aliphatic rings. The van der Waals surface area contributed by atoms with Crippen molar-refractivity contribution in [3.8, 4) is 11.5 Å². The molecular weight excluding hydrogens is 390 g/mol. The molecule has 0 aliphatic heterocycles. The number of nitrogens with one attached hydrogen (secondary N) is 1. The minimum atomic E-state index is -0.375. The van der Waals surface area contributed by atoms with Crippen LogP contribution in [0.25, 0.3) is 6.08 Å². The Hall–Kier alpha value is -3.25. The van der Waals surface area contributed by atoms with Crippen molar-refractivity contribution in [2.45, 2.75) is 20.4 Å². The first-order valence-corrected chi connectivity index (χ1v) is 9.39. The number of aromatic hydroxyl groups is 1. The van der Waals surface area contributed by atoms with Gasteiger partial charge in [-0.1, -0.05) is 29.8 Å². The number of methoxy groups -OCH3 is 1. The van der Waals surface area contributed by atoms with Crippen molar-refractivity contribution in [3.05, 3.63) is 76.1 Å². The zero-order valence-corrected chi connectivity index (χ0v) is 17.2. The number of rotatable bonds is 6. The van der Waals surface area contributed by atoms with Gasteiger partial charge in [0, 0.05) is 11.6 Å². The molecule has 3 rings (SSSR count). The Kier molecular flexibility index (Phi) is 6.24. The monoisotopic (exact) mass is 411 g/mol. The molecular formula is C22H22ClN3O3. The molecule has 1 amide bonds. The molecule has 1 aromatic heterocycles. The van der Waals surface area contributed by atoms with E-state index in [0.29, 0.717) is 28.6 Å². The Balaban J connectivity index is 1.74. The quantitative estimate of drug-likeness (QED) is 0.460. The molecule has 0 atom stereocenters. The summed E-state index contributed by atoms with van der Waals surface area (Å²) in [7, 11) is 1.62. The molecule has 1 heterocycles. The second-order valence-electron chi connectivity index (χ2n) is 6.64. The molecule has 3 aromatic rings. The van der Waals surface area contributed by atoms with E-state index in [1.807, 2.05) is 44.2 Å². The van der Waals surface area contributed by atoms with Crippen LogP contribution in [0, 0.1) is 13.8 Å². The topological polar surface area (TPSA) is 76.4 Å². The van der Waals surface area contributed by atoms with Gasteiger partial charge in [0.15, 0.2) is 0 Å². The molecule has 0 spiro atoms. The van der Waals surface area contributed by atoms with E-state index in [2.05, 4.69) is 10.4 Å². The molecule has 0 radical (unpaired) electrons. The van der Waals surface area contributed by atoms with Crippen molar-refractivity contribution in [1.82, 2.24) is 9.78 Å². The molecule has 0 saturated carbocycles. The molecule has 2 N–H and O–H groups in total. The number of anilines is 1. The Morgan fingerprint density at radius 3 is 2.79 bits per heavy atom. The molecule has 7 heteroatoms. The number of nitrogens with zero attached hydrogens (tertiary/aromatic N) is 2. The van der Waals surface area contributed by atoms with E-state index >= 15 is 0 Å². The van der Waals surface area contributed by atoms with E-state index in [9.17, 15) is 9.90 Å².